The van der Waals surface area contributed by atoms with E-state index >= 15 is 0 Å². The molecule has 0 bridgehead atoms. The molecule has 0 atom stereocenters. The highest BCUT2D eigenvalue weighted by Crippen LogP contribution is 2.19. The minimum atomic E-state index is -1.10. The topological polar surface area (TPSA) is 87.1 Å². The molecular weight excluding hydrogens is 298 g/mol. The van der Waals surface area contributed by atoms with Gasteiger partial charge in [-0.1, -0.05) is 26.2 Å². The third-order valence-electron chi connectivity index (χ3n) is 4.17. The van der Waals surface area contributed by atoms with Crippen molar-refractivity contribution >= 4 is 11.9 Å². The molecule has 6 nitrogen and oxygen atoms in total. The van der Waals surface area contributed by atoms with Crippen LogP contribution in [-0.4, -0.2) is 59.9 Å². The largest absolute Gasteiger partial charge is 0.478 e. The molecule has 0 aliphatic carbocycles. The molecule has 0 radical (unpaired) electrons. The Morgan fingerprint density at radius 1 is 0.913 bits per heavy atom. The minimum absolute atomic E-state index is 0.0715. The van der Waals surface area contributed by atoms with E-state index in [2.05, 4.69) is 11.8 Å². The quantitative estimate of drug-likeness (QED) is 0.448. The Bertz CT molecular complexity index is 413. The van der Waals surface area contributed by atoms with Gasteiger partial charge in [0.2, 0.25) is 0 Å². The number of ether oxygens (including phenoxy) is 1. The van der Waals surface area contributed by atoms with Crippen LogP contribution in [0.2, 0.25) is 0 Å². The van der Waals surface area contributed by atoms with Crippen LogP contribution in [0.1, 0.15) is 51.9 Å². The van der Waals surface area contributed by atoms with Crippen molar-refractivity contribution in [3.63, 3.8) is 0 Å². The van der Waals surface area contributed by atoms with E-state index in [1.807, 2.05) is 0 Å². The molecule has 1 rings (SSSR count). The van der Waals surface area contributed by atoms with Crippen LogP contribution < -0.4 is 0 Å². The highest BCUT2D eigenvalue weighted by molar-refractivity contribution is 5.98. The second kappa shape index (κ2) is 11.2. The number of hydrogen-bond donors (Lipinski definition) is 2. The molecule has 2 N–H and O–H groups in total. The van der Waals surface area contributed by atoms with E-state index in [4.69, 9.17) is 4.74 Å². The average Bonchev–Trinajstić information content (AvgIpc) is 2.53. The van der Waals surface area contributed by atoms with Crippen LogP contribution in [0.5, 0.6) is 0 Å². The lowest BCUT2D eigenvalue weighted by atomic mass is 9.97. The first kappa shape index (κ1) is 19.6. The molecule has 1 fully saturated rings. The van der Waals surface area contributed by atoms with Crippen molar-refractivity contribution in [3.05, 3.63) is 11.1 Å². The summed E-state index contributed by atoms with van der Waals surface area (Å²) < 4.78 is 5.28. The van der Waals surface area contributed by atoms with Gasteiger partial charge in [-0.3, -0.25) is 4.90 Å². The summed E-state index contributed by atoms with van der Waals surface area (Å²) in [6, 6.07) is 0. The van der Waals surface area contributed by atoms with Crippen molar-refractivity contribution in [2.45, 2.75) is 51.9 Å². The van der Waals surface area contributed by atoms with Crippen LogP contribution in [0.15, 0.2) is 11.1 Å². The second-order valence-electron chi connectivity index (χ2n) is 5.94. The molecular formula is C17H29NO5. The second-order valence-corrected chi connectivity index (χ2v) is 5.94. The van der Waals surface area contributed by atoms with Crippen LogP contribution in [0, 0.1) is 0 Å². The zero-order chi connectivity index (χ0) is 17.1. The summed E-state index contributed by atoms with van der Waals surface area (Å²) in [7, 11) is 0. The normalized spacial score (nSPS) is 16.9. The first-order chi connectivity index (χ1) is 11.1. The smallest absolute Gasteiger partial charge is 0.332 e. The molecule has 6 heteroatoms. The summed E-state index contributed by atoms with van der Waals surface area (Å²) in [6.45, 7) is 5.99. The number of rotatable bonds is 11. The van der Waals surface area contributed by atoms with E-state index in [1.165, 1.54) is 0 Å². The molecule has 0 unspecified atom stereocenters. The van der Waals surface area contributed by atoms with Crippen molar-refractivity contribution in [3.8, 4) is 0 Å². The van der Waals surface area contributed by atoms with E-state index in [9.17, 15) is 19.8 Å². The maximum absolute atomic E-state index is 11.5. The fraction of sp³-hybridized carbons (Fsp3) is 0.765. The maximum atomic E-state index is 11.5. The Balaban J connectivity index is 2.58. The lowest BCUT2D eigenvalue weighted by molar-refractivity contribution is -0.136. The zero-order valence-electron chi connectivity index (χ0n) is 14.1. The highest BCUT2D eigenvalue weighted by Gasteiger charge is 2.20. The predicted octanol–water partition coefficient (Wildman–Crippen LogP) is 2.54. The van der Waals surface area contributed by atoms with Gasteiger partial charge in [-0.25, -0.2) is 9.59 Å². The number of nitrogens with zero attached hydrogens (tertiary/aromatic N) is 1. The lowest BCUT2D eigenvalue weighted by Gasteiger charge is -2.26. The van der Waals surface area contributed by atoms with Gasteiger partial charge in [-0.15, -0.1) is 0 Å². The van der Waals surface area contributed by atoms with E-state index in [0.717, 1.165) is 45.3 Å². The number of hydrogen-bond acceptors (Lipinski definition) is 4. The van der Waals surface area contributed by atoms with Crippen molar-refractivity contribution in [2.24, 2.45) is 0 Å². The molecule has 0 spiro atoms. The molecule has 0 aromatic heterocycles. The van der Waals surface area contributed by atoms with Crippen LogP contribution in [0.4, 0.5) is 0 Å². The number of carbonyl (C=O) groups is 2. The highest BCUT2D eigenvalue weighted by atomic mass is 16.5. The fourth-order valence-electron chi connectivity index (χ4n) is 2.81. The van der Waals surface area contributed by atoms with Gasteiger partial charge in [0.25, 0.3) is 0 Å². The molecule has 0 aromatic carbocycles. The lowest BCUT2D eigenvalue weighted by Crippen LogP contribution is -2.36. The third kappa shape index (κ3) is 7.61. The van der Waals surface area contributed by atoms with Gasteiger partial charge in [0, 0.05) is 24.2 Å². The summed E-state index contributed by atoms with van der Waals surface area (Å²) in [5.41, 5.74) is 0.151. The van der Waals surface area contributed by atoms with Gasteiger partial charge in [0.05, 0.1) is 13.2 Å². The molecule has 1 aliphatic rings. The SMILES string of the molecule is CCCCCCC(C(=O)O)=C(CCCN1CCOCC1)C(=O)O. The molecule has 132 valence electrons. The van der Waals surface area contributed by atoms with Crippen LogP contribution in [0.25, 0.3) is 0 Å². The fourth-order valence-corrected chi connectivity index (χ4v) is 2.81. The Kier molecular flexibility index (Phi) is 9.55. The summed E-state index contributed by atoms with van der Waals surface area (Å²) in [5.74, 6) is -2.19. The number of aliphatic carboxylic acids is 2. The van der Waals surface area contributed by atoms with Gasteiger partial charge >= 0.3 is 11.9 Å². The van der Waals surface area contributed by atoms with Crippen LogP contribution in [-0.2, 0) is 14.3 Å². The number of morpholine rings is 1. The maximum Gasteiger partial charge on any atom is 0.332 e. The molecule has 1 saturated heterocycles. The van der Waals surface area contributed by atoms with Crippen molar-refractivity contribution in [2.75, 3.05) is 32.8 Å². The first-order valence-corrected chi connectivity index (χ1v) is 8.55. The molecule has 0 saturated carbocycles. The molecule has 1 aliphatic heterocycles. The van der Waals surface area contributed by atoms with Crippen molar-refractivity contribution in [1.29, 1.82) is 0 Å². The van der Waals surface area contributed by atoms with Gasteiger partial charge < -0.3 is 14.9 Å². The Labute approximate surface area is 138 Å². The van der Waals surface area contributed by atoms with E-state index < -0.39 is 11.9 Å². The first-order valence-electron chi connectivity index (χ1n) is 8.55. The average molecular weight is 327 g/mol. The van der Waals surface area contributed by atoms with Gasteiger partial charge in [-0.2, -0.15) is 0 Å². The number of unbranched alkanes of at least 4 members (excludes halogenated alkanes) is 3. The molecule has 23 heavy (non-hydrogen) atoms. The summed E-state index contributed by atoms with van der Waals surface area (Å²) in [4.78, 5) is 25.1. The summed E-state index contributed by atoms with van der Waals surface area (Å²) in [5, 5.41) is 18.7. The Morgan fingerprint density at radius 3 is 2.00 bits per heavy atom. The predicted molar refractivity (Wildman–Crippen MR) is 87.5 cm³/mol. The van der Waals surface area contributed by atoms with Gasteiger partial charge in [0.15, 0.2) is 0 Å². The van der Waals surface area contributed by atoms with Crippen molar-refractivity contribution in [1.82, 2.24) is 4.90 Å². The number of carboxylic acids is 2. The Morgan fingerprint density at radius 2 is 1.48 bits per heavy atom. The zero-order valence-corrected chi connectivity index (χ0v) is 14.1. The molecule has 0 aromatic rings. The summed E-state index contributed by atoms with van der Waals surface area (Å²) >= 11 is 0. The Hall–Kier alpha value is -1.40. The molecule has 0 amide bonds. The van der Waals surface area contributed by atoms with Gasteiger partial charge in [0.1, 0.15) is 0 Å². The van der Waals surface area contributed by atoms with Gasteiger partial charge in [-0.05, 0) is 32.2 Å². The van der Waals surface area contributed by atoms with E-state index in [0.29, 0.717) is 32.5 Å². The summed E-state index contributed by atoms with van der Waals surface area (Å²) in [6.07, 6.45) is 5.09. The third-order valence-corrected chi connectivity index (χ3v) is 4.17. The van der Waals surface area contributed by atoms with Crippen LogP contribution >= 0.6 is 0 Å². The molecule has 1 heterocycles. The van der Waals surface area contributed by atoms with E-state index in [1.54, 1.807) is 0 Å². The van der Waals surface area contributed by atoms with Crippen LogP contribution in [0.3, 0.4) is 0 Å². The van der Waals surface area contributed by atoms with Crippen molar-refractivity contribution < 1.29 is 24.5 Å². The monoisotopic (exact) mass is 327 g/mol. The standard InChI is InChI=1S/C17H29NO5/c1-2-3-4-5-7-14(16(19)20)15(17(21)22)8-6-9-18-10-12-23-13-11-18/h2-13H2,1H3,(H,19,20)(H,21,22). The van der Waals surface area contributed by atoms with E-state index in [-0.39, 0.29) is 11.1 Å². The minimum Gasteiger partial charge on any atom is -0.478 e. The number of carboxylic acid groups (broad SMARTS) is 2.